The van der Waals surface area contributed by atoms with Crippen LogP contribution in [0.2, 0.25) is 0 Å². The van der Waals surface area contributed by atoms with Crippen molar-refractivity contribution in [3.05, 3.63) is 18.0 Å². The minimum absolute atomic E-state index is 0.0279. The van der Waals surface area contributed by atoms with Gasteiger partial charge >= 0.3 is 6.18 Å². The zero-order chi connectivity index (χ0) is 13.0. The molecule has 0 aliphatic heterocycles. The molecule has 100 valence electrons. The Hall–Kier alpha value is -1.37. The van der Waals surface area contributed by atoms with Crippen molar-refractivity contribution in [3.63, 3.8) is 0 Å². The largest absolute Gasteiger partial charge is 0.433 e. The van der Waals surface area contributed by atoms with Gasteiger partial charge in [-0.3, -0.25) is 0 Å². The number of halogens is 3. The zero-order valence-corrected chi connectivity index (χ0v) is 9.70. The third kappa shape index (κ3) is 4.14. The van der Waals surface area contributed by atoms with Gasteiger partial charge in [-0.25, -0.2) is 9.97 Å². The molecule has 1 N–H and O–H groups in total. The van der Waals surface area contributed by atoms with Crippen LogP contribution in [-0.4, -0.2) is 29.7 Å². The second-order valence-electron chi connectivity index (χ2n) is 4.21. The molecule has 1 aliphatic carbocycles. The molecule has 1 fully saturated rings. The molecule has 4 nitrogen and oxygen atoms in total. The van der Waals surface area contributed by atoms with Gasteiger partial charge in [0, 0.05) is 19.3 Å². The Kier molecular flexibility index (Phi) is 4.00. The smallest absolute Gasteiger partial charge is 0.379 e. The summed E-state index contributed by atoms with van der Waals surface area (Å²) in [6.45, 7) is 1.56. The molecule has 1 aromatic rings. The lowest BCUT2D eigenvalue weighted by molar-refractivity contribution is -0.141. The van der Waals surface area contributed by atoms with Crippen LogP contribution in [0.15, 0.2) is 12.3 Å². The Morgan fingerprint density at radius 2 is 2.17 bits per heavy atom. The van der Waals surface area contributed by atoms with E-state index in [0.717, 1.165) is 18.9 Å². The fourth-order valence-corrected chi connectivity index (χ4v) is 1.37. The van der Waals surface area contributed by atoms with Gasteiger partial charge in [-0.05, 0) is 24.8 Å². The molecule has 1 saturated carbocycles. The van der Waals surface area contributed by atoms with Crippen molar-refractivity contribution in [2.45, 2.75) is 19.0 Å². The first-order chi connectivity index (χ1) is 8.55. The van der Waals surface area contributed by atoms with Crippen LogP contribution in [-0.2, 0) is 10.9 Å². The van der Waals surface area contributed by atoms with Crippen LogP contribution in [0.5, 0.6) is 0 Å². The zero-order valence-electron chi connectivity index (χ0n) is 9.70. The number of nitrogens with one attached hydrogen (secondary N) is 1. The van der Waals surface area contributed by atoms with Gasteiger partial charge in [0.1, 0.15) is 5.69 Å². The highest BCUT2D eigenvalue weighted by atomic mass is 19.4. The third-order valence-corrected chi connectivity index (χ3v) is 2.53. The van der Waals surface area contributed by atoms with E-state index in [9.17, 15) is 13.2 Å². The molecule has 0 amide bonds. The lowest BCUT2D eigenvalue weighted by Crippen LogP contribution is -2.15. The van der Waals surface area contributed by atoms with Crippen LogP contribution in [0, 0.1) is 5.92 Å². The van der Waals surface area contributed by atoms with Crippen molar-refractivity contribution < 1.29 is 17.9 Å². The quantitative estimate of drug-likeness (QED) is 0.798. The maximum atomic E-state index is 12.4. The standard InChI is InChI=1S/C11H14F3N3O/c12-11(13,14)9-3-4-15-10(17-9)16-5-6-18-7-8-1-2-8/h3-4,8H,1-2,5-7H2,(H,15,16,17). The molecule has 18 heavy (non-hydrogen) atoms. The Labute approximate surface area is 103 Å². The molecule has 0 unspecified atom stereocenters. The maximum absolute atomic E-state index is 12.4. The van der Waals surface area contributed by atoms with Crippen LogP contribution in [0.1, 0.15) is 18.5 Å². The number of nitrogens with zero attached hydrogens (tertiary/aromatic N) is 2. The average molecular weight is 261 g/mol. The Morgan fingerprint density at radius 3 is 2.83 bits per heavy atom. The normalized spacial score (nSPS) is 15.7. The van der Waals surface area contributed by atoms with Crippen molar-refractivity contribution in [1.29, 1.82) is 0 Å². The van der Waals surface area contributed by atoms with Gasteiger partial charge in [0.2, 0.25) is 5.95 Å². The summed E-state index contributed by atoms with van der Waals surface area (Å²) in [7, 11) is 0. The van der Waals surface area contributed by atoms with Gasteiger partial charge in [0.25, 0.3) is 0 Å². The number of hydrogen-bond donors (Lipinski definition) is 1. The van der Waals surface area contributed by atoms with Crippen molar-refractivity contribution in [1.82, 2.24) is 9.97 Å². The van der Waals surface area contributed by atoms with Crippen LogP contribution in [0.4, 0.5) is 19.1 Å². The van der Waals surface area contributed by atoms with Crippen LogP contribution in [0.25, 0.3) is 0 Å². The first-order valence-corrected chi connectivity index (χ1v) is 5.77. The highest BCUT2D eigenvalue weighted by Gasteiger charge is 2.32. The van der Waals surface area contributed by atoms with Gasteiger partial charge in [0.05, 0.1) is 6.61 Å². The van der Waals surface area contributed by atoms with E-state index in [4.69, 9.17) is 4.74 Å². The third-order valence-electron chi connectivity index (χ3n) is 2.53. The van der Waals surface area contributed by atoms with Crippen molar-refractivity contribution in [3.8, 4) is 0 Å². The SMILES string of the molecule is FC(F)(F)c1ccnc(NCCOCC2CC2)n1. The summed E-state index contributed by atoms with van der Waals surface area (Å²) in [4.78, 5) is 7.11. The predicted molar refractivity (Wildman–Crippen MR) is 59.1 cm³/mol. The molecule has 0 saturated heterocycles. The van der Waals surface area contributed by atoms with Crippen LogP contribution >= 0.6 is 0 Å². The van der Waals surface area contributed by atoms with E-state index in [2.05, 4.69) is 15.3 Å². The minimum Gasteiger partial charge on any atom is -0.379 e. The van der Waals surface area contributed by atoms with Crippen molar-refractivity contribution in [2.24, 2.45) is 5.92 Å². The molecule has 0 atom stereocenters. The second kappa shape index (κ2) is 5.51. The highest BCUT2D eigenvalue weighted by Crippen LogP contribution is 2.29. The molecule has 1 aliphatic rings. The minimum atomic E-state index is -4.44. The Bertz CT molecular complexity index is 393. The van der Waals surface area contributed by atoms with Gasteiger partial charge in [0.15, 0.2) is 0 Å². The lowest BCUT2D eigenvalue weighted by Gasteiger charge is -2.08. The summed E-state index contributed by atoms with van der Waals surface area (Å²) >= 11 is 0. The van der Waals surface area contributed by atoms with Gasteiger partial charge in [-0.15, -0.1) is 0 Å². The first-order valence-electron chi connectivity index (χ1n) is 5.77. The van der Waals surface area contributed by atoms with Crippen molar-refractivity contribution in [2.75, 3.05) is 25.1 Å². The average Bonchev–Trinajstić information content (AvgIpc) is 3.12. The molecule has 1 heterocycles. The molecule has 0 spiro atoms. The lowest BCUT2D eigenvalue weighted by atomic mass is 10.4. The molecular weight excluding hydrogens is 247 g/mol. The second-order valence-corrected chi connectivity index (χ2v) is 4.21. The van der Waals surface area contributed by atoms with E-state index in [1.54, 1.807) is 0 Å². The highest BCUT2D eigenvalue weighted by molar-refractivity contribution is 5.25. The fourth-order valence-electron chi connectivity index (χ4n) is 1.37. The molecule has 1 aromatic heterocycles. The van der Waals surface area contributed by atoms with E-state index < -0.39 is 11.9 Å². The summed E-state index contributed by atoms with van der Waals surface area (Å²) in [5.74, 6) is 0.648. The number of hydrogen-bond acceptors (Lipinski definition) is 4. The van der Waals surface area contributed by atoms with Crippen LogP contribution < -0.4 is 5.32 Å². The van der Waals surface area contributed by atoms with E-state index in [-0.39, 0.29) is 5.95 Å². The number of rotatable bonds is 6. The van der Waals surface area contributed by atoms with E-state index in [1.807, 2.05) is 0 Å². The summed E-state index contributed by atoms with van der Waals surface area (Å²) < 4.78 is 42.4. The monoisotopic (exact) mass is 261 g/mol. The summed E-state index contributed by atoms with van der Waals surface area (Å²) in [5, 5.41) is 2.70. The summed E-state index contributed by atoms with van der Waals surface area (Å²) in [5.41, 5.74) is -0.945. The molecule has 7 heteroatoms. The molecular formula is C11H14F3N3O. The number of ether oxygens (including phenoxy) is 1. The Balaban J connectivity index is 1.74. The topological polar surface area (TPSA) is 47.0 Å². The van der Waals surface area contributed by atoms with Gasteiger partial charge in [-0.2, -0.15) is 13.2 Å². The van der Waals surface area contributed by atoms with E-state index in [1.165, 1.54) is 12.8 Å². The number of anilines is 1. The first kappa shape index (κ1) is 13.1. The number of alkyl halides is 3. The summed E-state index contributed by atoms with van der Waals surface area (Å²) in [6, 6.07) is 0.842. The molecule has 0 bridgehead atoms. The molecule has 2 rings (SSSR count). The van der Waals surface area contributed by atoms with E-state index >= 15 is 0 Å². The molecule has 0 radical (unpaired) electrons. The molecule has 0 aromatic carbocycles. The van der Waals surface area contributed by atoms with Crippen molar-refractivity contribution >= 4 is 5.95 Å². The fraction of sp³-hybridized carbons (Fsp3) is 0.636. The summed E-state index contributed by atoms with van der Waals surface area (Å²) in [6.07, 6.45) is -0.931. The van der Waals surface area contributed by atoms with Gasteiger partial charge < -0.3 is 10.1 Å². The van der Waals surface area contributed by atoms with Crippen LogP contribution in [0.3, 0.4) is 0 Å². The Morgan fingerprint density at radius 1 is 1.39 bits per heavy atom. The van der Waals surface area contributed by atoms with Gasteiger partial charge in [-0.1, -0.05) is 0 Å². The van der Waals surface area contributed by atoms with E-state index in [0.29, 0.717) is 19.1 Å². The number of aromatic nitrogens is 2. The maximum Gasteiger partial charge on any atom is 0.433 e. The predicted octanol–water partition coefficient (Wildman–Crippen LogP) is 2.33.